The number of esters is 1. The van der Waals surface area contributed by atoms with Gasteiger partial charge in [-0.3, -0.25) is 19.4 Å². The van der Waals surface area contributed by atoms with Crippen molar-refractivity contribution in [2.24, 2.45) is 5.92 Å². The van der Waals surface area contributed by atoms with Crippen LogP contribution in [-0.4, -0.2) is 41.3 Å². The Kier molecular flexibility index (Phi) is 8.47. The van der Waals surface area contributed by atoms with Crippen LogP contribution >= 0.6 is 0 Å². The van der Waals surface area contributed by atoms with Crippen LogP contribution in [0.2, 0.25) is 0 Å². The number of anilines is 1. The molecule has 2 bridgehead atoms. The molecule has 7 nitrogen and oxygen atoms in total. The van der Waals surface area contributed by atoms with Gasteiger partial charge in [0.25, 0.3) is 0 Å². The number of rotatable bonds is 4. The van der Waals surface area contributed by atoms with Crippen LogP contribution in [0.15, 0.2) is 54.7 Å². The molecular weight excluding hydrogens is 540 g/mol. The number of ether oxygens (including phenoxy) is 1. The summed E-state index contributed by atoms with van der Waals surface area (Å²) in [5.74, 6) is -2.49. The molecular formula is C33H33F2N3O4. The highest BCUT2D eigenvalue weighted by Gasteiger charge is 2.31. The third kappa shape index (κ3) is 5.95. The van der Waals surface area contributed by atoms with Crippen LogP contribution in [0.1, 0.15) is 61.0 Å². The van der Waals surface area contributed by atoms with E-state index < -0.39 is 11.6 Å². The molecule has 3 aromatic rings. The zero-order chi connectivity index (χ0) is 30.0. The van der Waals surface area contributed by atoms with Gasteiger partial charge in [-0.1, -0.05) is 31.5 Å². The lowest BCUT2D eigenvalue weighted by Crippen LogP contribution is -2.38. The summed E-state index contributed by atoms with van der Waals surface area (Å²) in [6.07, 6.45) is 5.18. The summed E-state index contributed by atoms with van der Waals surface area (Å²) in [6, 6.07) is 11.4. The lowest BCUT2D eigenvalue weighted by molar-refractivity contribution is -0.139. The number of nitrogens with one attached hydrogen (secondary N) is 1. The third-order valence-corrected chi connectivity index (χ3v) is 8.10. The Morgan fingerprint density at radius 2 is 1.93 bits per heavy atom. The normalized spacial score (nSPS) is 19.2. The standard InChI is InChI=1S/C33H33F2N3O4/c1-19-7-10-25(34)31(32(19)35)23-12-14-38(29(39)18-23)28-6-4-5-20(2)33(41)37-26-15-21(16-30(40)42-3)8-9-24(26)22-11-13-36-27(28)17-22/h7-11,13,15,17-18,20,28H,4-6,12,14,16H2,1-3H3,(H,37,41)/t20-,28+/m1/s1. The molecule has 42 heavy (non-hydrogen) atoms. The van der Waals surface area contributed by atoms with Crippen molar-refractivity contribution in [3.05, 3.63) is 88.8 Å². The van der Waals surface area contributed by atoms with E-state index in [2.05, 4.69) is 10.3 Å². The second kappa shape index (κ2) is 12.2. The summed E-state index contributed by atoms with van der Waals surface area (Å²) in [7, 11) is 1.33. The van der Waals surface area contributed by atoms with Gasteiger partial charge in [0.05, 0.1) is 25.3 Å². The number of hydrogen-bond acceptors (Lipinski definition) is 5. The number of aryl methyl sites for hydroxylation is 1. The number of fused-ring (bicyclic) bond motifs is 4. The van der Waals surface area contributed by atoms with E-state index in [1.165, 1.54) is 25.3 Å². The highest BCUT2D eigenvalue weighted by atomic mass is 19.1. The van der Waals surface area contributed by atoms with E-state index in [1.54, 1.807) is 24.1 Å². The van der Waals surface area contributed by atoms with Gasteiger partial charge in [0, 0.05) is 41.5 Å². The number of aromatic nitrogens is 1. The Bertz CT molecular complexity index is 1590. The quantitative estimate of drug-likeness (QED) is 0.378. The molecule has 0 aliphatic carbocycles. The predicted octanol–water partition coefficient (Wildman–Crippen LogP) is 6.17. The molecule has 2 aliphatic rings. The van der Waals surface area contributed by atoms with Gasteiger partial charge >= 0.3 is 5.97 Å². The van der Waals surface area contributed by atoms with Crippen LogP contribution in [0.3, 0.4) is 0 Å². The van der Waals surface area contributed by atoms with Crippen molar-refractivity contribution in [1.82, 2.24) is 9.88 Å². The Labute approximate surface area is 243 Å². The molecule has 2 amide bonds. The maximum atomic E-state index is 14.8. The van der Waals surface area contributed by atoms with E-state index in [-0.39, 0.29) is 48.3 Å². The van der Waals surface area contributed by atoms with E-state index in [4.69, 9.17) is 4.74 Å². The second-order valence-corrected chi connectivity index (χ2v) is 10.9. The van der Waals surface area contributed by atoms with Crippen LogP contribution in [0.5, 0.6) is 0 Å². The third-order valence-electron chi connectivity index (χ3n) is 8.10. The van der Waals surface area contributed by atoms with Crippen molar-refractivity contribution in [3.63, 3.8) is 0 Å². The number of amides is 2. The molecule has 2 aromatic carbocycles. The van der Waals surface area contributed by atoms with Crippen LogP contribution in [0.25, 0.3) is 16.7 Å². The largest absolute Gasteiger partial charge is 0.469 e. The number of nitrogens with zero attached hydrogens (tertiary/aromatic N) is 2. The molecule has 0 saturated heterocycles. The first-order chi connectivity index (χ1) is 20.2. The van der Waals surface area contributed by atoms with Crippen LogP contribution in [0, 0.1) is 24.5 Å². The average molecular weight is 574 g/mol. The van der Waals surface area contributed by atoms with Gasteiger partial charge in [-0.15, -0.1) is 0 Å². The molecule has 0 fully saturated rings. The first-order valence-corrected chi connectivity index (χ1v) is 14.1. The van der Waals surface area contributed by atoms with Gasteiger partial charge in [-0.05, 0) is 72.7 Å². The monoisotopic (exact) mass is 573 g/mol. The summed E-state index contributed by atoms with van der Waals surface area (Å²) < 4.78 is 34.3. The van der Waals surface area contributed by atoms with Gasteiger partial charge in [0.2, 0.25) is 11.8 Å². The molecule has 218 valence electrons. The Morgan fingerprint density at radius 3 is 2.69 bits per heavy atom. The lowest BCUT2D eigenvalue weighted by Gasteiger charge is -2.34. The number of carbonyl (C=O) groups is 3. The number of halogens is 2. The fourth-order valence-electron chi connectivity index (χ4n) is 5.67. The lowest BCUT2D eigenvalue weighted by atomic mass is 9.92. The molecule has 0 radical (unpaired) electrons. The maximum absolute atomic E-state index is 14.8. The highest BCUT2D eigenvalue weighted by Crippen LogP contribution is 2.37. The van der Waals surface area contributed by atoms with Crippen molar-refractivity contribution in [1.29, 1.82) is 0 Å². The molecule has 1 aromatic heterocycles. The first-order valence-electron chi connectivity index (χ1n) is 14.1. The van der Waals surface area contributed by atoms with Crippen molar-refractivity contribution >= 4 is 29.0 Å². The molecule has 0 spiro atoms. The molecule has 0 saturated carbocycles. The Morgan fingerprint density at radius 1 is 1.12 bits per heavy atom. The minimum atomic E-state index is -0.688. The van der Waals surface area contributed by atoms with E-state index in [0.717, 1.165) is 11.1 Å². The van der Waals surface area contributed by atoms with Gasteiger partial charge in [0.1, 0.15) is 11.6 Å². The summed E-state index contributed by atoms with van der Waals surface area (Å²) in [6.45, 7) is 3.70. The fraction of sp³-hybridized carbons (Fsp3) is 0.333. The minimum absolute atomic E-state index is 0.0712. The van der Waals surface area contributed by atoms with Crippen molar-refractivity contribution in [2.45, 2.75) is 52.0 Å². The average Bonchev–Trinajstić information content (AvgIpc) is 2.97. The number of methoxy groups -OCH3 is 1. The second-order valence-electron chi connectivity index (χ2n) is 10.9. The summed E-state index contributed by atoms with van der Waals surface area (Å²) in [5, 5.41) is 3.04. The van der Waals surface area contributed by atoms with Crippen LogP contribution < -0.4 is 5.32 Å². The molecule has 9 heteroatoms. The van der Waals surface area contributed by atoms with E-state index in [0.29, 0.717) is 53.8 Å². The number of benzene rings is 2. The van der Waals surface area contributed by atoms with Gasteiger partial charge in [0.15, 0.2) is 0 Å². The van der Waals surface area contributed by atoms with Gasteiger partial charge in [-0.2, -0.15) is 0 Å². The minimum Gasteiger partial charge on any atom is -0.469 e. The number of carbonyl (C=O) groups excluding carboxylic acids is 3. The van der Waals surface area contributed by atoms with Crippen LogP contribution in [-0.2, 0) is 25.5 Å². The summed E-state index contributed by atoms with van der Waals surface area (Å²) in [4.78, 5) is 44.9. The summed E-state index contributed by atoms with van der Waals surface area (Å²) >= 11 is 0. The fourth-order valence-corrected chi connectivity index (χ4v) is 5.67. The maximum Gasteiger partial charge on any atom is 0.309 e. The molecule has 2 atom stereocenters. The topological polar surface area (TPSA) is 88.6 Å². The molecule has 1 N–H and O–H groups in total. The van der Waals surface area contributed by atoms with Crippen molar-refractivity contribution < 1.29 is 27.9 Å². The molecule has 0 unspecified atom stereocenters. The van der Waals surface area contributed by atoms with Gasteiger partial charge < -0.3 is 15.0 Å². The van der Waals surface area contributed by atoms with E-state index in [1.807, 2.05) is 31.2 Å². The predicted molar refractivity (Wildman–Crippen MR) is 155 cm³/mol. The van der Waals surface area contributed by atoms with E-state index >= 15 is 0 Å². The Balaban J connectivity index is 1.52. The molecule has 5 rings (SSSR count). The SMILES string of the molecule is COC(=O)Cc1ccc2c(c1)NC(=O)[C@H](C)CCC[C@H](N1CCC(c3c(F)ccc(C)c3F)=CC1=O)c1cc-2ccn1. The van der Waals surface area contributed by atoms with Gasteiger partial charge in [-0.25, -0.2) is 8.78 Å². The number of hydrogen-bond donors (Lipinski definition) is 1. The first kappa shape index (κ1) is 29.1. The van der Waals surface area contributed by atoms with Crippen molar-refractivity contribution in [2.75, 3.05) is 19.0 Å². The molecule has 3 heterocycles. The highest BCUT2D eigenvalue weighted by molar-refractivity contribution is 5.98. The van der Waals surface area contributed by atoms with Crippen molar-refractivity contribution in [3.8, 4) is 11.1 Å². The Hall–Kier alpha value is -4.40. The van der Waals surface area contributed by atoms with Crippen LogP contribution in [0.4, 0.5) is 14.5 Å². The van der Waals surface area contributed by atoms with E-state index in [9.17, 15) is 23.2 Å². The zero-order valence-electron chi connectivity index (χ0n) is 23.9. The zero-order valence-corrected chi connectivity index (χ0v) is 23.9. The smallest absolute Gasteiger partial charge is 0.309 e. The summed E-state index contributed by atoms with van der Waals surface area (Å²) in [5.41, 5.74) is 4.03. The molecule has 2 aliphatic heterocycles. The number of pyridine rings is 1.